The first kappa shape index (κ1) is 15.5. The molecule has 2 aromatic rings. The topological polar surface area (TPSA) is 59.6 Å². The molecule has 0 spiro atoms. The Morgan fingerprint density at radius 2 is 1.86 bits per heavy atom. The molecule has 0 radical (unpaired) electrons. The van der Waals surface area contributed by atoms with Crippen molar-refractivity contribution in [1.82, 2.24) is 5.43 Å². The summed E-state index contributed by atoms with van der Waals surface area (Å²) < 4.78 is 6.77. The second-order valence-electron chi connectivity index (χ2n) is 4.22. The van der Waals surface area contributed by atoms with E-state index < -0.39 is 0 Å². The van der Waals surface area contributed by atoms with Crippen LogP contribution in [-0.2, 0) is 6.61 Å². The van der Waals surface area contributed by atoms with Crippen LogP contribution in [0.5, 0.6) is 5.75 Å². The van der Waals surface area contributed by atoms with Gasteiger partial charge in [-0.05, 0) is 59.7 Å². The van der Waals surface area contributed by atoms with Gasteiger partial charge in [-0.1, -0.05) is 28.1 Å². The van der Waals surface area contributed by atoms with Crippen molar-refractivity contribution in [3.8, 4) is 5.75 Å². The number of ether oxygens (including phenoxy) is 1. The van der Waals surface area contributed by atoms with Gasteiger partial charge in [-0.3, -0.25) is 5.43 Å². The lowest BCUT2D eigenvalue weighted by molar-refractivity contribution is 0.306. The molecule has 0 bridgehead atoms. The lowest BCUT2D eigenvalue weighted by Gasteiger charge is -2.06. The third-order valence-electron chi connectivity index (χ3n) is 2.59. The van der Waals surface area contributed by atoms with Crippen molar-refractivity contribution < 1.29 is 4.74 Å². The largest absolute Gasteiger partial charge is 0.489 e. The van der Waals surface area contributed by atoms with E-state index in [1.165, 1.54) is 0 Å². The summed E-state index contributed by atoms with van der Waals surface area (Å²) in [7, 11) is 0. The highest BCUT2D eigenvalue weighted by Crippen LogP contribution is 2.15. The van der Waals surface area contributed by atoms with E-state index in [-0.39, 0.29) is 5.11 Å². The molecule has 0 heterocycles. The minimum Gasteiger partial charge on any atom is -0.489 e. The van der Waals surface area contributed by atoms with Gasteiger partial charge in [-0.25, -0.2) is 0 Å². The summed E-state index contributed by atoms with van der Waals surface area (Å²) in [6.45, 7) is 0.531. The third kappa shape index (κ3) is 5.53. The van der Waals surface area contributed by atoms with Crippen molar-refractivity contribution >= 4 is 39.5 Å². The highest BCUT2D eigenvalue weighted by Gasteiger charge is 1.97. The Hall–Kier alpha value is -1.92. The van der Waals surface area contributed by atoms with E-state index >= 15 is 0 Å². The average molecular weight is 364 g/mol. The fourth-order valence-electron chi connectivity index (χ4n) is 1.57. The number of rotatable bonds is 5. The number of hydrogen-bond acceptors (Lipinski definition) is 3. The van der Waals surface area contributed by atoms with Crippen LogP contribution in [0.4, 0.5) is 0 Å². The Morgan fingerprint density at radius 3 is 2.48 bits per heavy atom. The molecular weight excluding hydrogens is 350 g/mol. The standard InChI is InChI=1S/C15H14BrN3OS/c16-13-5-1-12(2-6-13)10-20-14-7-3-11(4-8-14)9-18-19-15(17)21/h1-9H,10H2,(H3,17,19,21). The minimum atomic E-state index is 0.140. The summed E-state index contributed by atoms with van der Waals surface area (Å²) in [6, 6.07) is 15.6. The fourth-order valence-corrected chi connectivity index (χ4v) is 1.88. The summed E-state index contributed by atoms with van der Waals surface area (Å²) in [5, 5.41) is 4.03. The van der Waals surface area contributed by atoms with E-state index in [0.717, 1.165) is 21.3 Å². The molecule has 0 aliphatic heterocycles. The summed E-state index contributed by atoms with van der Waals surface area (Å²) in [6.07, 6.45) is 1.64. The molecule has 108 valence electrons. The van der Waals surface area contributed by atoms with Gasteiger partial charge in [-0.2, -0.15) is 5.10 Å². The molecule has 2 rings (SSSR count). The second kappa shape index (κ2) is 7.75. The molecule has 0 saturated heterocycles. The second-order valence-corrected chi connectivity index (χ2v) is 5.57. The first-order valence-electron chi connectivity index (χ1n) is 6.19. The lowest BCUT2D eigenvalue weighted by atomic mass is 10.2. The maximum absolute atomic E-state index is 5.71. The zero-order valence-electron chi connectivity index (χ0n) is 11.1. The van der Waals surface area contributed by atoms with Crippen molar-refractivity contribution in [1.29, 1.82) is 0 Å². The van der Waals surface area contributed by atoms with E-state index in [1.54, 1.807) is 6.21 Å². The Morgan fingerprint density at radius 1 is 1.19 bits per heavy atom. The number of nitrogens with two attached hydrogens (primary N) is 1. The van der Waals surface area contributed by atoms with Gasteiger partial charge in [-0.15, -0.1) is 0 Å². The van der Waals surface area contributed by atoms with E-state index in [9.17, 15) is 0 Å². The first-order chi connectivity index (χ1) is 10.1. The van der Waals surface area contributed by atoms with Crippen molar-refractivity contribution in [2.45, 2.75) is 6.61 Å². The number of nitrogens with one attached hydrogen (secondary N) is 1. The van der Waals surface area contributed by atoms with E-state index in [4.69, 9.17) is 10.5 Å². The van der Waals surface area contributed by atoms with Gasteiger partial charge >= 0.3 is 0 Å². The minimum absolute atomic E-state index is 0.140. The van der Waals surface area contributed by atoms with Crippen LogP contribution in [0.25, 0.3) is 0 Å². The van der Waals surface area contributed by atoms with Crippen molar-refractivity contribution in [3.63, 3.8) is 0 Å². The van der Waals surface area contributed by atoms with Crippen LogP contribution >= 0.6 is 28.1 Å². The average Bonchev–Trinajstić information content (AvgIpc) is 2.48. The van der Waals surface area contributed by atoms with E-state index in [2.05, 4.69) is 38.7 Å². The first-order valence-corrected chi connectivity index (χ1v) is 7.39. The molecular formula is C15H14BrN3OS. The van der Waals surface area contributed by atoms with Gasteiger partial charge in [0.2, 0.25) is 0 Å². The van der Waals surface area contributed by atoms with Gasteiger partial charge in [0.15, 0.2) is 5.11 Å². The number of nitrogens with zero attached hydrogens (tertiary/aromatic N) is 1. The number of hydrogen-bond donors (Lipinski definition) is 2. The molecule has 3 N–H and O–H groups in total. The van der Waals surface area contributed by atoms with Gasteiger partial charge in [0, 0.05) is 4.47 Å². The molecule has 0 atom stereocenters. The molecule has 0 aromatic heterocycles. The summed E-state index contributed by atoms with van der Waals surface area (Å²) in [5.41, 5.74) is 9.81. The van der Waals surface area contributed by atoms with Crippen molar-refractivity contribution in [2.75, 3.05) is 0 Å². The number of thiocarbonyl (C=S) groups is 1. The number of hydrazone groups is 1. The highest BCUT2D eigenvalue weighted by atomic mass is 79.9. The third-order valence-corrected chi connectivity index (χ3v) is 3.21. The van der Waals surface area contributed by atoms with Crippen LogP contribution < -0.4 is 15.9 Å². The SMILES string of the molecule is NC(=S)NN=Cc1ccc(OCc2ccc(Br)cc2)cc1. The van der Waals surface area contributed by atoms with Crippen LogP contribution in [0.2, 0.25) is 0 Å². The van der Waals surface area contributed by atoms with Crippen LogP contribution in [-0.4, -0.2) is 11.3 Å². The lowest BCUT2D eigenvalue weighted by Crippen LogP contribution is -2.23. The smallest absolute Gasteiger partial charge is 0.184 e. The normalized spacial score (nSPS) is 10.5. The van der Waals surface area contributed by atoms with E-state index in [0.29, 0.717) is 6.61 Å². The van der Waals surface area contributed by atoms with Crippen LogP contribution in [0.15, 0.2) is 58.1 Å². The zero-order chi connectivity index (χ0) is 15.1. The van der Waals surface area contributed by atoms with Crippen LogP contribution in [0.3, 0.4) is 0 Å². The molecule has 0 aliphatic carbocycles. The Balaban J connectivity index is 1.88. The summed E-state index contributed by atoms with van der Waals surface area (Å²) in [5.74, 6) is 0.803. The maximum atomic E-state index is 5.71. The molecule has 0 aliphatic rings. The van der Waals surface area contributed by atoms with Gasteiger partial charge in [0.25, 0.3) is 0 Å². The number of benzene rings is 2. The van der Waals surface area contributed by atoms with Gasteiger partial charge < -0.3 is 10.5 Å². The zero-order valence-corrected chi connectivity index (χ0v) is 13.5. The molecule has 0 amide bonds. The molecule has 0 saturated carbocycles. The monoisotopic (exact) mass is 363 g/mol. The molecule has 4 nitrogen and oxygen atoms in total. The van der Waals surface area contributed by atoms with E-state index in [1.807, 2.05) is 48.5 Å². The Bertz CT molecular complexity index is 626. The molecule has 6 heteroatoms. The Kier molecular flexibility index (Phi) is 5.71. The number of halogens is 1. The van der Waals surface area contributed by atoms with Crippen LogP contribution in [0.1, 0.15) is 11.1 Å². The Labute approximate surface area is 137 Å². The quantitative estimate of drug-likeness (QED) is 0.486. The summed E-state index contributed by atoms with van der Waals surface area (Å²) in [4.78, 5) is 0. The summed E-state index contributed by atoms with van der Waals surface area (Å²) >= 11 is 8.06. The maximum Gasteiger partial charge on any atom is 0.184 e. The predicted octanol–water partition coefficient (Wildman–Crippen LogP) is 3.20. The molecule has 0 fully saturated rings. The fraction of sp³-hybridized carbons (Fsp3) is 0.0667. The molecule has 2 aromatic carbocycles. The van der Waals surface area contributed by atoms with Crippen molar-refractivity contribution in [2.24, 2.45) is 10.8 Å². The van der Waals surface area contributed by atoms with Crippen LogP contribution in [0, 0.1) is 0 Å². The predicted molar refractivity (Wildman–Crippen MR) is 92.4 cm³/mol. The van der Waals surface area contributed by atoms with Gasteiger partial charge in [0.05, 0.1) is 6.21 Å². The van der Waals surface area contributed by atoms with Crippen molar-refractivity contribution in [3.05, 3.63) is 64.1 Å². The van der Waals surface area contributed by atoms with Gasteiger partial charge in [0.1, 0.15) is 12.4 Å². The molecule has 0 unspecified atom stereocenters. The highest BCUT2D eigenvalue weighted by molar-refractivity contribution is 9.10. The molecule has 21 heavy (non-hydrogen) atoms.